The number of carboxylic acid groups (broad SMARTS) is 1. The van der Waals surface area contributed by atoms with Crippen LogP contribution >= 0.6 is 22.9 Å². The van der Waals surface area contributed by atoms with Crippen molar-refractivity contribution in [3.8, 4) is 0 Å². The SMILES string of the molecule is COC(=O)C1=C(CN2CCN3C(=O)N(c4ccc(C(C)(C)NC(C)C(=O)O)cc4)C[C@@H]3C2)NC(c2nccs2)=N[C@H]1c1ccc(F)cc1Cl. The first kappa shape index (κ1) is 34.5. The van der Waals surface area contributed by atoms with E-state index in [0.717, 1.165) is 11.3 Å². The first-order valence-electron chi connectivity index (χ1n) is 15.8. The van der Waals surface area contributed by atoms with Gasteiger partial charge in [0.15, 0.2) is 10.8 Å². The zero-order valence-corrected chi connectivity index (χ0v) is 29.0. The number of aromatic nitrogens is 1. The fourth-order valence-electron chi connectivity index (χ4n) is 6.57. The standard InChI is InChI=1S/C34H37ClFN7O5S/c1-19(31(44)45)40-34(2,3)20-5-8-22(9-6-20)43-17-23-16-41(12-13-42(23)33(43)47)18-26-27(32(46)48-4)28(24-10-7-21(36)15-25(24)35)39-29(38-26)30-37-11-14-49-30/h5-11,14-15,19,23,28,40H,12-13,16-18H2,1-4H3,(H,38,39)(H,44,45)/t19?,23-,28-/m0/s1. The molecule has 12 nitrogen and oxygen atoms in total. The minimum absolute atomic E-state index is 0.0799. The van der Waals surface area contributed by atoms with Crippen molar-refractivity contribution in [2.45, 2.75) is 44.4 Å². The summed E-state index contributed by atoms with van der Waals surface area (Å²) < 4.78 is 19.2. The van der Waals surface area contributed by atoms with Crippen molar-refractivity contribution < 1.29 is 28.6 Å². The highest BCUT2D eigenvalue weighted by Crippen LogP contribution is 2.37. The number of halogens is 2. The van der Waals surface area contributed by atoms with E-state index in [0.29, 0.717) is 54.8 Å². The zero-order chi connectivity index (χ0) is 35.0. The molecule has 1 unspecified atom stereocenters. The summed E-state index contributed by atoms with van der Waals surface area (Å²) >= 11 is 7.88. The minimum Gasteiger partial charge on any atom is -0.480 e. The molecule has 4 heterocycles. The van der Waals surface area contributed by atoms with Crippen LogP contribution in [0.2, 0.25) is 5.02 Å². The largest absolute Gasteiger partial charge is 0.480 e. The van der Waals surface area contributed by atoms with Gasteiger partial charge in [-0.25, -0.2) is 19.0 Å². The Hall–Kier alpha value is -4.37. The second kappa shape index (κ2) is 13.9. The third-order valence-electron chi connectivity index (χ3n) is 9.09. The van der Waals surface area contributed by atoms with Crippen LogP contribution in [0.1, 0.15) is 42.9 Å². The normalized spacial score (nSPS) is 20.5. The molecule has 3 atom stereocenters. The van der Waals surface area contributed by atoms with Crippen LogP contribution in [-0.2, 0) is 19.9 Å². The molecule has 2 amide bonds. The second-order valence-electron chi connectivity index (χ2n) is 12.7. The number of carbonyl (C=O) groups excluding carboxylic acids is 2. The molecule has 3 N–H and O–H groups in total. The molecular weight excluding hydrogens is 673 g/mol. The van der Waals surface area contributed by atoms with Crippen LogP contribution in [0.15, 0.2) is 70.3 Å². The third-order valence-corrected chi connectivity index (χ3v) is 10.2. The van der Waals surface area contributed by atoms with Crippen molar-refractivity contribution in [3.05, 3.63) is 92.3 Å². The number of nitrogens with one attached hydrogen (secondary N) is 2. The quantitative estimate of drug-likeness (QED) is 0.262. The molecule has 3 aromatic rings. The molecule has 6 rings (SSSR count). The van der Waals surface area contributed by atoms with Gasteiger partial charge in [-0.05, 0) is 50.6 Å². The van der Waals surface area contributed by atoms with Crippen molar-refractivity contribution in [2.24, 2.45) is 4.99 Å². The lowest BCUT2D eigenvalue weighted by Crippen LogP contribution is -2.53. The van der Waals surface area contributed by atoms with Crippen LogP contribution in [0.4, 0.5) is 14.9 Å². The van der Waals surface area contributed by atoms with Crippen LogP contribution in [0.25, 0.3) is 0 Å². The van der Waals surface area contributed by atoms with E-state index in [2.05, 4.69) is 20.5 Å². The smallest absolute Gasteiger partial charge is 0.338 e. The molecular formula is C34H37ClFN7O5S. The number of hydrogen-bond acceptors (Lipinski definition) is 10. The van der Waals surface area contributed by atoms with Gasteiger partial charge in [0.25, 0.3) is 0 Å². The Kier molecular flexibility index (Phi) is 9.76. The Bertz CT molecular complexity index is 1820. The van der Waals surface area contributed by atoms with Crippen molar-refractivity contribution in [2.75, 3.05) is 44.7 Å². The number of carboxylic acids is 1. The van der Waals surface area contributed by atoms with Crippen molar-refractivity contribution in [1.29, 1.82) is 0 Å². The van der Waals surface area contributed by atoms with Crippen molar-refractivity contribution in [1.82, 2.24) is 25.4 Å². The fourth-order valence-corrected chi connectivity index (χ4v) is 7.43. The predicted octanol–water partition coefficient (Wildman–Crippen LogP) is 4.38. The number of carbonyl (C=O) groups is 3. The van der Waals surface area contributed by atoms with Gasteiger partial charge >= 0.3 is 18.0 Å². The van der Waals surface area contributed by atoms with E-state index < -0.39 is 35.4 Å². The molecule has 15 heteroatoms. The van der Waals surface area contributed by atoms with Crippen LogP contribution in [0.5, 0.6) is 0 Å². The minimum atomic E-state index is -0.930. The number of benzene rings is 2. The van der Waals surface area contributed by atoms with Crippen LogP contribution in [0.3, 0.4) is 0 Å². The summed E-state index contributed by atoms with van der Waals surface area (Å²) in [5.74, 6) is -1.56. The summed E-state index contributed by atoms with van der Waals surface area (Å²) in [6.07, 6.45) is 1.66. The summed E-state index contributed by atoms with van der Waals surface area (Å²) in [6.45, 7) is 7.84. The number of fused-ring (bicyclic) bond motifs is 1. The van der Waals surface area contributed by atoms with Crippen LogP contribution in [-0.4, -0.2) is 95.6 Å². The van der Waals surface area contributed by atoms with Crippen molar-refractivity contribution in [3.63, 3.8) is 0 Å². The molecule has 2 aromatic carbocycles. The number of ether oxygens (including phenoxy) is 1. The molecule has 0 radical (unpaired) electrons. The molecule has 1 aromatic heterocycles. The number of aliphatic carboxylic acids is 1. The highest BCUT2D eigenvalue weighted by Gasteiger charge is 2.42. The van der Waals surface area contributed by atoms with E-state index in [1.807, 2.05) is 48.4 Å². The summed E-state index contributed by atoms with van der Waals surface area (Å²) in [7, 11) is 1.30. The number of piperazine rings is 1. The number of urea groups is 1. The topological polar surface area (TPSA) is 140 Å². The number of aliphatic imine (C=N–C) groups is 1. The number of hydrogen-bond donors (Lipinski definition) is 3. The molecule has 3 aliphatic heterocycles. The monoisotopic (exact) mass is 709 g/mol. The van der Waals surface area contributed by atoms with Gasteiger partial charge < -0.3 is 20.1 Å². The highest BCUT2D eigenvalue weighted by atomic mass is 35.5. The lowest BCUT2D eigenvalue weighted by molar-refractivity contribution is -0.139. The number of amidine groups is 1. The summed E-state index contributed by atoms with van der Waals surface area (Å²) in [5, 5.41) is 18.4. The zero-order valence-electron chi connectivity index (χ0n) is 27.4. The van der Waals surface area contributed by atoms with E-state index in [-0.39, 0.29) is 22.7 Å². The van der Waals surface area contributed by atoms with Gasteiger partial charge in [-0.3, -0.25) is 24.9 Å². The lowest BCUT2D eigenvalue weighted by atomic mass is 9.93. The van der Waals surface area contributed by atoms with Gasteiger partial charge in [0.1, 0.15) is 17.9 Å². The first-order chi connectivity index (χ1) is 23.4. The maximum Gasteiger partial charge on any atom is 0.338 e. The number of esters is 1. The molecule has 0 aliphatic carbocycles. The summed E-state index contributed by atoms with van der Waals surface area (Å²) in [6, 6.07) is 9.82. The number of amides is 2. The Morgan fingerprint density at radius 3 is 2.61 bits per heavy atom. The summed E-state index contributed by atoms with van der Waals surface area (Å²) in [5.41, 5.74) is 2.34. The molecule has 2 saturated heterocycles. The maximum absolute atomic E-state index is 14.0. The molecule has 0 bridgehead atoms. The predicted molar refractivity (Wildman–Crippen MR) is 184 cm³/mol. The Morgan fingerprint density at radius 1 is 1.20 bits per heavy atom. The molecule has 0 saturated carbocycles. The number of anilines is 1. The summed E-state index contributed by atoms with van der Waals surface area (Å²) in [4.78, 5) is 53.3. The van der Waals surface area contributed by atoms with Crippen LogP contribution in [0, 0.1) is 5.82 Å². The van der Waals surface area contributed by atoms with Crippen LogP contribution < -0.4 is 15.5 Å². The molecule has 3 aliphatic rings. The van der Waals surface area contributed by atoms with Gasteiger partial charge in [0.2, 0.25) is 0 Å². The number of rotatable bonds is 10. The van der Waals surface area contributed by atoms with Gasteiger partial charge in [-0.2, -0.15) is 0 Å². The Morgan fingerprint density at radius 2 is 1.96 bits per heavy atom. The van der Waals surface area contributed by atoms with Gasteiger partial charge in [0, 0.05) is 71.8 Å². The van der Waals surface area contributed by atoms with Gasteiger partial charge in [0.05, 0.1) is 18.7 Å². The van der Waals surface area contributed by atoms with E-state index in [1.54, 1.807) is 18.0 Å². The number of thiazole rings is 1. The third kappa shape index (κ3) is 7.04. The van der Waals surface area contributed by atoms with E-state index in [4.69, 9.17) is 21.3 Å². The Labute approximate surface area is 292 Å². The molecule has 49 heavy (non-hydrogen) atoms. The average Bonchev–Trinajstić information content (AvgIpc) is 3.72. The van der Waals surface area contributed by atoms with Crippen molar-refractivity contribution >= 4 is 52.4 Å². The first-order valence-corrected chi connectivity index (χ1v) is 17.0. The second-order valence-corrected chi connectivity index (χ2v) is 14.0. The Balaban J connectivity index is 1.22. The average molecular weight is 710 g/mol. The number of nitrogens with zero attached hydrogens (tertiary/aromatic N) is 5. The molecule has 0 spiro atoms. The molecule has 258 valence electrons. The maximum atomic E-state index is 14.0. The van der Waals surface area contributed by atoms with E-state index in [1.165, 1.54) is 36.6 Å². The molecule has 2 fully saturated rings. The van der Waals surface area contributed by atoms with Gasteiger partial charge in [-0.15, -0.1) is 11.3 Å². The fraction of sp³-hybridized carbons (Fsp3) is 0.382. The van der Waals surface area contributed by atoms with E-state index >= 15 is 0 Å². The van der Waals surface area contributed by atoms with E-state index in [9.17, 15) is 23.9 Å². The lowest BCUT2D eigenvalue weighted by Gasteiger charge is -2.38. The number of methoxy groups -OCH3 is 1. The highest BCUT2D eigenvalue weighted by molar-refractivity contribution is 7.11. The van der Waals surface area contributed by atoms with Gasteiger partial charge in [-0.1, -0.05) is 29.8 Å².